The molecule has 0 spiro atoms. The maximum atomic E-state index is 12.1. The molecule has 7 heteroatoms. The number of nitrogens with zero attached hydrogens (tertiary/aromatic N) is 2. The number of rotatable bonds is 4. The van der Waals surface area contributed by atoms with Crippen LogP contribution in [0.2, 0.25) is 0 Å². The van der Waals surface area contributed by atoms with Gasteiger partial charge < -0.3 is 19.5 Å². The molecule has 0 bridgehead atoms. The lowest BCUT2D eigenvalue weighted by Gasteiger charge is -2.04. The van der Waals surface area contributed by atoms with Gasteiger partial charge in [-0.05, 0) is 32.0 Å². The van der Waals surface area contributed by atoms with Gasteiger partial charge in [0.2, 0.25) is 6.79 Å². The first-order chi connectivity index (χ1) is 12.1. The van der Waals surface area contributed by atoms with Crippen LogP contribution in [0.3, 0.4) is 0 Å². The summed E-state index contributed by atoms with van der Waals surface area (Å²) in [5.74, 6) is 6.35. The van der Waals surface area contributed by atoms with Crippen molar-refractivity contribution in [1.82, 2.24) is 9.78 Å². The second-order valence-electron chi connectivity index (χ2n) is 5.53. The number of methoxy groups -OCH3 is 1. The molecule has 2 aromatic rings. The lowest BCUT2D eigenvalue weighted by atomic mass is 10.2. The Hall–Kier alpha value is -2.98. The van der Waals surface area contributed by atoms with Crippen molar-refractivity contribution < 1.29 is 19.0 Å². The molecule has 1 aliphatic rings. The van der Waals surface area contributed by atoms with Gasteiger partial charge in [0, 0.05) is 18.6 Å². The average Bonchev–Trinajstić information content (AvgIpc) is 3.17. The Balaban J connectivity index is 1.70. The predicted molar refractivity (Wildman–Crippen MR) is 91.6 cm³/mol. The van der Waals surface area contributed by atoms with Crippen LogP contribution in [0.4, 0.5) is 5.69 Å². The van der Waals surface area contributed by atoms with Gasteiger partial charge in [-0.2, -0.15) is 5.10 Å². The number of anilines is 1. The summed E-state index contributed by atoms with van der Waals surface area (Å²) in [6.07, 6.45) is 0. The number of hydrogen-bond acceptors (Lipinski definition) is 5. The van der Waals surface area contributed by atoms with E-state index >= 15 is 0 Å². The highest BCUT2D eigenvalue weighted by Gasteiger charge is 2.14. The van der Waals surface area contributed by atoms with E-state index in [0.29, 0.717) is 35.9 Å². The summed E-state index contributed by atoms with van der Waals surface area (Å²) in [6.45, 7) is 5.13. The normalized spacial score (nSPS) is 11.8. The van der Waals surface area contributed by atoms with Crippen molar-refractivity contribution >= 4 is 11.6 Å². The minimum atomic E-state index is -0.393. The molecule has 1 aromatic heterocycles. The molecule has 0 saturated carbocycles. The molecule has 0 atom stereocenters. The third-order valence-corrected chi connectivity index (χ3v) is 3.82. The molecule has 1 aliphatic heterocycles. The summed E-state index contributed by atoms with van der Waals surface area (Å²) in [5, 5.41) is 7.21. The lowest BCUT2D eigenvalue weighted by molar-refractivity contribution is -0.111. The van der Waals surface area contributed by atoms with Gasteiger partial charge in [-0.15, -0.1) is 0 Å². The van der Waals surface area contributed by atoms with Gasteiger partial charge in [-0.25, -0.2) is 0 Å². The van der Waals surface area contributed by atoms with Gasteiger partial charge in [0.25, 0.3) is 0 Å². The van der Waals surface area contributed by atoms with E-state index in [1.165, 1.54) is 0 Å². The van der Waals surface area contributed by atoms with E-state index in [9.17, 15) is 4.79 Å². The molecule has 1 aromatic carbocycles. The molecule has 0 saturated heterocycles. The fourth-order valence-electron chi connectivity index (χ4n) is 2.52. The van der Waals surface area contributed by atoms with Crippen molar-refractivity contribution in [3.63, 3.8) is 0 Å². The Morgan fingerprint density at radius 2 is 2.16 bits per heavy atom. The van der Waals surface area contributed by atoms with Crippen LogP contribution in [0, 0.1) is 25.7 Å². The Morgan fingerprint density at radius 3 is 2.96 bits per heavy atom. The number of carbonyl (C=O) groups excluding carboxylic acids is 1. The number of hydrogen-bond donors (Lipinski definition) is 1. The highest BCUT2D eigenvalue weighted by molar-refractivity contribution is 6.04. The molecular formula is C18H19N3O4. The zero-order valence-electron chi connectivity index (χ0n) is 14.4. The molecule has 2 heterocycles. The van der Waals surface area contributed by atoms with Gasteiger partial charge in [-0.1, -0.05) is 5.92 Å². The number of aryl methyl sites for hydroxylation is 1. The third kappa shape index (κ3) is 3.75. The van der Waals surface area contributed by atoms with E-state index in [1.807, 2.05) is 13.8 Å². The van der Waals surface area contributed by atoms with Gasteiger partial charge >= 0.3 is 5.91 Å². The first-order valence-corrected chi connectivity index (χ1v) is 7.84. The number of amides is 1. The molecule has 1 N–H and O–H groups in total. The first kappa shape index (κ1) is 16.9. The third-order valence-electron chi connectivity index (χ3n) is 3.82. The van der Waals surface area contributed by atoms with Crippen molar-refractivity contribution in [3.05, 3.63) is 35.2 Å². The van der Waals surface area contributed by atoms with Crippen molar-refractivity contribution in [3.8, 4) is 23.3 Å². The first-order valence-electron chi connectivity index (χ1n) is 7.84. The molecule has 3 rings (SSSR count). The van der Waals surface area contributed by atoms with Crippen LogP contribution in [0.1, 0.15) is 17.0 Å². The summed E-state index contributed by atoms with van der Waals surface area (Å²) in [5.41, 5.74) is 2.98. The minimum absolute atomic E-state index is 0.207. The lowest BCUT2D eigenvalue weighted by Crippen LogP contribution is -2.11. The van der Waals surface area contributed by atoms with E-state index in [2.05, 4.69) is 22.3 Å². The number of carbonyl (C=O) groups is 1. The standard InChI is InChI=1S/C18H19N3O4/c1-12-18(13(2)21(20-12)8-9-23-3)19-17(22)7-5-14-4-6-15-16(10-14)25-11-24-15/h4,6,10H,8-9,11H2,1-3H3,(H,19,22). The molecule has 0 fully saturated rings. The molecule has 7 nitrogen and oxygen atoms in total. The summed E-state index contributed by atoms with van der Waals surface area (Å²) >= 11 is 0. The molecular weight excluding hydrogens is 322 g/mol. The zero-order valence-corrected chi connectivity index (χ0v) is 14.4. The SMILES string of the molecule is COCCn1nc(C)c(NC(=O)C#Cc2ccc3c(c2)OCO3)c1C. The fraction of sp³-hybridized carbons (Fsp3) is 0.333. The van der Waals surface area contributed by atoms with Crippen LogP contribution in [0.25, 0.3) is 0 Å². The maximum absolute atomic E-state index is 12.1. The molecule has 0 radical (unpaired) electrons. The van der Waals surface area contributed by atoms with E-state index in [4.69, 9.17) is 14.2 Å². The van der Waals surface area contributed by atoms with E-state index in [0.717, 1.165) is 11.4 Å². The predicted octanol–water partition coefficient (Wildman–Crippen LogP) is 1.87. The number of fused-ring (bicyclic) bond motifs is 1. The van der Waals surface area contributed by atoms with Crippen molar-refractivity contribution in [2.75, 3.05) is 25.8 Å². The largest absolute Gasteiger partial charge is 0.454 e. The molecule has 130 valence electrons. The van der Waals surface area contributed by atoms with Crippen LogP contribution in [-0.2, 0) is 16.1 Å². The summed E-state index contributed by atoms with van der Waals surface area (Å²) < 4.78 is 17.4. The van der Waals surface area contributed by atoms with Crippen LogP contribution >= 0.6 is 0 Å². The van der Waals surface area contributed by atoms with Gasteiger partial charge in [-0.3, -0.25) is 9.48 Å². The van der Waals surface area contributed by atoms with E-state index in [-0.39, 0.29) is 6.79 Å². The summed E-state index contributed by atoms with van der Waals surface area (Å²) in [4.78, 5) is 12.1. The van der Waals surface area contributed by atoms with Crippen LogP contribution in [0.5, 0.6) is 11.5 Å². The van der Waals surface area contributed by atoms with Gasteiger partial charge in [0.1, 0.15) is 0 Å². The number of aromatic nitrogens is 2. The second-order valence-corrected chi connectivity index (χ2v) is 5.53. The van der Waals surface area contributed by atoms with Gasteiger partial charge in [0.15, 0.2) is 11.5 Å². The molecule has 0 aliphatic carbocycles. The van der Waals surface area contributed by atoms with E-state index in [1.54, 1.807) is 30.0 Å². The Kier molecular flexibility index (Phi) is 4.91. The highest BCUT2D eigenvalue weighted by Crippen LogP contribution is 2.32. The number of nitrogens with one attached hydrogen (secondary N) is 1. The summed E-state index contributed by atoms with van der Waals surface area (Å²) in [6, 6.07) is 5.31. The molecule has 0 unspecified atom stereocenters. The highest BCUT2D eigenvalue weighted by atomic mass is 16.7. The Bertz CT molecular complexity index is 861. The quantitative estimate of drug-likeness (QED) is 0.859. The maximum Gasteiger partial charge on any atom is 0.300 e. The fourth-order valence-corrected chi connectivity index (χ4v) is 2.52. The van der Waals surface area contributed by atoms with Gasteiger partial charge in [0.05, 0.1) is 30.2 Å². The smallest absolute Gasteiger partial charge is 0.300 e. The van der Waals surface area contributed by atoms with Crippen LogP contribution in [0.15, 0.2) is 18.2 Å². The zero-order chi connectivity index (χ0) is 17.8. The monoisotopic (exact) mass is 341 g/mol. The molecule has 1 amide bonds. The molecule has 25 heavy (non-hydrogen) atoms. The van der Waals surface area contributed by atoms with Crippen LogP contribution in [-0.4, -0.2) is 36.2 Å². The van der Waals surface area contributed by atoms with Crippen LogP contribution < -0.4 is 14.8 Å². The minimum Gasteiger partial charge on any atom is -0.454 e. The van der Waals surface area contributed by atoms with Crippen molar-refractivity contribution in [1.29, 1.82) is 0 Å². The van der Waals surface area contributed by atoms with E-state index < -0.39 is 5.91 Å². The number of ether oxygens (including phenoxy) is 3. The topological polar surface area (TPSA) is 74.6 Å². The Morgan fingerprint density at radius 1 is 1.36 bits per heavy atom. The Labute approximate surface area is 145 Å². The second kappa shape index (κ2) is 7.28. The summed E-state index contributed by atoms with van der Waals surface area (Å²) in [7, 11) is 1.64. The average molecular weight is 341 g/mol. The van der Waals surface area contributed by atoms with Crippen molar-refractivity contribution in [2.24, 2.45) is 0 Å². The van der Waals surface area contributed by atoms with Crippen molar-refractivity contribution in [2.45, 2.75) is 20.4 Å². The number of benzene rings is 1.